The van der Waals surface area contributed by atoms with Gasteiger partial charge in [-0.05, 0) is 106 Å². The van der Waals surface area contributed by atoms with Crippen molar-refractivity contribution in [2.45, 2.75) is 12.8 Å². The summed E-state index contributed by atoms with van der Waals surface area (Å²) >= 11 is 0. The summed E-state index contributed by atoms with van der Waals surface area (Å²) in [5.74, 6) is 0.680. The van der Waals surface area contributed by atoms with Crippen LogP contribution in [0.1, 0.15) is 18.4 Å². The van der Waals surface area contributed by atoms with Crippen LogP contribution in [0.15, 0.2) is 224 Å². The standard InChI is InChI=1S/C58H41N3/c1-3-15-40(16-4-1)44-19-11-22-47(35-44)48-23-12-20-45(36-48)42-31-33-43(34-32-42)54-39-55(49-24-13-21-46(37-49)41-17-5-2-6-18-41)60-58(59-54)50-25-14-26-51(38-50)61-56-29-9-7-27-52(56)53-28-8-10-30-57(53)61/h1-3,5-15,17-39H,4,16H2. The zero-order chi connectivity index (χ0) is 40.5. The van der Waals surface area contributed by atoms with Crippen LogP contribution in [0.3, 0.4) is 0 Å². The van der Waals surface area contributed by atoms with Gasteiger partial charge < -0.3 is 4.57 Å². The smallest absolute Gasteiger partial charge is 0.160 e. The molecule has 0 spiro atoms. The number of nitrogens with zero attached hydrogens (tertiary/aromatic N) is 3. The molecule has 8 aromatic carbocycles. The van der Waals surface area contributed by atoms with E-state index in [0.29, 0.717) is 5.82 Å². The third kappa shape index (κ3) is 7.07. The van der Waals surface area contributed by atoms with E-state index in [1.807, 2.05) is 0 Å². The number of allylic oxidation sites excluding steroid dienone is 4. The van der Waals surface area contributed by atoms with Crippen LogP contribution in [0, 0.1) is 0 Å². The van der Waals surface area contributed by atoms with Gasteiger partial charge in [-0.2, -0.15) is 0 Å². The molecule has 0 N–H and O–H groups in total. The Bertz CT molecular complexity index is 3240. The molecule has 11 rings (SSSR count). The molecule has 3 nitrogen and oxygen atoms in total. The topological polar surface area (TPSA) is 30.7 Å². The van der Waals surface area contributed by atoms with Crippen molar-refractivity contribution in [3.8, 4) is 73.0 Å². The summed E-state index contributed by atoms with van der Waals surface area (Å²) in [7, 11) is 0. The van der Waals surface area contributed by atoms with Gasteiger partial charge in [-0.3, -0.25) is 0 Å². The Kier molecular flexibility index (Phi) is 9.33. The number of hydrogen-bond donors (Lipinski definition) is 0. The number of benzene rings is 8. The summed E-state index contributed by atoms with van der Waals surface area (Å²) in [5.41, 5.74) is 18.0. The number of aromatic nitrogens is 3. The average molecular weight is 780 g/mol. The molecule has 3 heteroatoms. The molecule has 10 aromatic rings. The van der Waals surface area contributed by atoms with E-state index in [0.717, 1.165) is 57.7 Å². The molecule has 0 bridgehead atoms. The highest BCUT2D eigenvalue weighted by Crippen LogP contribution is 2.36. The zero-order valence-electron chi connectivity index (χ0n) is 33.6. The van der Waals surface area contributed by atoms with Gasteiger partial charge in [-0.25, -0.2) is 9.97 Å². The molecule has 0 fully saturated rings. The first-order valence-electron chi connectivity index (χ1n) is 21.0. The van der Waals surface area contributed by atoms with Crippen LogP contribution in [-0.2, 0) is 0 Å². The lowest BCUT2D eigenvalue weighted by atomic mass is 9.93. The molecular weight excluding hydrogens is 739 g/mol. The Labute approximate surface area is 356 Å². The molecule has 0 saturated heterocycles. The molecule has 2 heterocycles. The van der Waals surface area contributed by atoms with E-state index in [4.69, 9.17) is 9.97 Å². The van der Waals surface area contributed by atoms with E-state index in [9.17, 15) is 0 Å². The normalized spacial score (nSPS) is 12.5. The van der Waals surface area contributed by atoms with Crippen molar-refractivity contribution in [3.63, 3.8) is 0 Å². The average Bonchev–Trinajstić information content (AvgIpc) is 3.69. The summed E-state index contributed by atoms with van der Waals surface area (Å²) in [6, 6.07) is 73.8. The quantitative estimate of drug-likeness (QED) is 0.154. The lowest BCUT2D eigenvalue weighted by molar-refractivity contribution is 1.05. The van der Waals surface area contributed by atoms with Gasteiger partial charge in [0.05, 0.1) is 22.4 Å². The van der Waals surface area contributed by atoms with Gasteiger partial charge in [0.1, 0.15) is 0 Å². The second-order valence-electron chi connectivity index (χ2n) is 15.7. The van der Waals surface area contributed by atoms with E-state index >= 15 is 0 Å². The highest BCUT2D eigenvalue weighted by molar-refractivity contribution is 6.09. The van der Waals surface area contributed by atoms with Gasteiger partial charge in [0.25, 0.3) is 0 Å². The molecule has 0 atom stereocenters. The predicted molar refractivity (Wildman–Crippen MR) is 255 cm³/mol. The van der Waals surface area contributed by atoms with E-state index < -0.39 is 0 Å². The van der Waals surface area contributed by atoms with E-state index in [1.54, 1.807) is 0 Å². The van der Waals surface area contributed by atoms with Crippen LogP contribution < -0.4 is 0 Å². The third-order valence-electron chi connectivity index (χ3n) is 11.9. The largest absolute Gasteiger partial charge is 0.309 e. The van der Waals surface area contributed by atoms with Crippen molar-refractivity contribution in [2.24, 2.45) is 0 Å². The number of fused-ring (bicyclic) bond motifs is 3. The van der Waals surface area contributed by atoms with Crippen LogP contribution in [0.4, 0.5) is 0 Å². The first-order chi connectivity index (χ1) is 30.2. The van der Waals surface area contributed by atoms with Gasteiger partial charge in [0, 0.05) is 33.2 Å². The summed E-state index contributed by atoms with van der Waals surface area (Å²) in [4.78, 5) is 10.6. The van der Waals surface area contributed by atoms with Crippen LogP contribution in [0.25, 0.3) is 100 Å². The molecule has 0 amide bonds. The molecule has 288 valence electrons. The second-order valence-corrected chi connectivity index (χ2v) is 15.7. The minimum atomic E-state index is 0.680. The molecule has 0 radical (unpaired) electrons. The highest BCUT2D eigenvalue weighted by Gasteiger charge is 2.16. The van der Waals surface area contributed by atoms with Crippen molar-refractivity contribution in [3.05, 3.63) is 230 Å². The Morgan fingerprint density at radius 3 is 1.52 bits per heavy atom. The summed E-state index contributed by atoms with van der Waals surface area (Å²) in [5, 5.41) is 2.47. The van der Waals surface area contributed by atoms with Crippen molar-refractivity contribution in [2.75, 3.05) is 0 Å². The second kappa shape index (κ2) is 15.7. The lowest BCUT2D eigenvalue weighted by Crippen LogP contribution is -1.98. The van der Waals surface area contributed by atoms with E-state index in [2.05, 4.69) is 229 Å². The SMILES string of the molecule is C1=CCCC(c2cccc(-c3cccc(-c4ccc(-c5cc(-c6cccc(-c7ccccc7)c6)nc(-c6cccc(-n7c8ccccc8c8ccccc87)c6)n5)cc4)c3)c2)=C1. The Morgan fingerprint density at radius 2 is 0.852 bits per heavy atom. The Morgan fingerprint density at radius 1 is 0.361 bits per heavy atom. The minimum absolute atomic E-state index is 0.680. The van der Waals surface area contributed by atoms with E-state index in [-0.39, 0.29) is 0 Å². The molecule has 0 unspecified atom stereocenters. The molecule has 0 saturated carbocycles. The van der Waals surface area contributed by atoms with Crippen LogP contribution >= 0.6 is 0 Å². The zero-order valence-corrected chi connectivity index (χ0v) is 33.6. The molecular formula is C58H41N3. The first kappa shape index (κ1) is 36.2. The fourth-order valence-electron chi connectivity index (χ4n) is 8.80. The fourth-order valence-corrected chi connectivity index (χ4v) is 8.80. The van der Waals surface area contributed by atoms with Crippen LogP contribution in [0.2, 0.25) is 0 Å². The number of hydrogen-bond acceptors (Lipinski definition) is 2. The van der Waals surface area contributed by atoms with Crippen molar-refractivity contribution in [1.82, 2.24) is 14.5 Å². The van der Waals surface area contributed by atoms with Gasteiger partial charge in [0.15, 0.2) is 5.82 Å². The Hall–Kier alpha value is -7.88. The van der Waals surface area contributed by atoms with E-state index in [1.165, 1.54) is 55.2 Å². The molecule has 0 aliphatic heterocycles. The molecule has 2 aromatic heterocycles. The summed E-state index contributed by atoms with van der Waals surface area (Å²) in [6.07, 6.45) is 8.83. The summed E-state index contributed by atoms with van der Waals surface area (Å²) in [6.45, 7) is 0. The summed E-state index contributed by atoms with van der Waals surface area (Å²) < 4.78 is 2.35. The molecule has 1 aliphatic rings. The number of para-hydroxylation sites is 2. The van der Waals surface area contributed by atoms with Crippen molar-refractivity contribution >= 4 is 27.4 Å². The van der Waals surface area contributed by atoms with Crippen molar-refractivity contribution < 1.29 is 0 Å². The third-order valence-corrected chi connectivity index (χ3v) is 11.9. The maximum Gasteiger partial charge on any atom is 0.160 e. The first-order valence-corrected chi connectivity index (χ1v) is 21.0. The monoisotopic (exact) mass is 779 g/mol. The molecule has 61 heavy (non-hydrogen) atoms. The highest BCUT2D eigenvalue weighted by atomic mass is 15.0. The lowest BCUT2D eigenvalue weighted by Gasteiger charge is -2.13. The maximum atomic E-state index is 5.30. The number of rotatable bonds is 8. The fraction of sp³-hybridized carbons (Fsp3) is 0.0345. The maximum absolute atomic E-state index is 5.30. The Balaban J connectivity index is 0.989. The predicted octanol–water partition coefficient (Wildman–Crippen LogP) is 15.3. The van der Waals surface area contributed by atoms with Crippen LogP contribution in [0.5, 0.6) is 0 Å². The van der Waals surface area contributed by atoms with Gasteiger partial charge >= 0.3 is 0 Å². The molecule has 1 aliphatic carbocycles. The minimum Gasteiger partial charge on any atom is -0.309 e. The van der Waals surface area contributed by atoms with Crippen LogP contribution in [-0.4, -0.2) is 14.5 Å². The van der Waals surface area contributed by atoms with Gasteiger partial charge in [-0.15, -0.1) is 0 Å². The van der Waals surface area contributed by atoms with Crippen molar-refractivity contribution in [1.29, 1.82) is 0 Å². The van der Waals surface area contributed by atoms with Gasteiger partial charge in [0.2, 0.25) is 0 Å². The van der Waals surface area contributed by atoms with Gasteiger partial charge in [-0.1, -0.05) is 176 Å².